The van der Waals surface area contributed by atoms with Crippen molar-refractivity contribution in [2.75, 3.05) is 32.8 Å². The van der Waals surface area contributed by atoms with Gasteiger partial charge in [0.1, 0.15) is 10.6 Å². The zero-order valence-electron chi connectivity index (χ0n) is 18.2. The van der Waals surface area contributed by atoms with E-state index in [-0.39, 0.29) is 17.2 Å². The Morgan fingerprint density at radius 3 is 2.39 bits per heavy atom. The summed E-state index contributed by atoms with van der Waals surface area (Å²) in [6.07, 6.45) is 5.42. The summed E-state index contributed by atoms with van der Waals surface area (Å²) in [4.78, 5) is 34.9. The van der Waals surface area contributed by atoms with Crippen molar-refractivity contribution in [2.24, 2.45) is 5.41 Å². The molecular formula is C24H31N3O3S. The smallest absolute Gasteiger partial charge is 0.265 e. The van der Waals surface area contributed by atoms with Gasteiger partial charge in [-0.2, -0.15) is 0 Å². The van der Waals surface area contributed by atoms with Crippen molar-refractivity contribution < 1.29 is 14.3 Å². The predicted molar refractivity (Wildman–Crippen MR) is 121 cm³/mol. The Labute approximate surface area is 188 Å². The predicted octanol–water partition coefficient (Wildman–Crippen LogP) is 4.16. The molecule has 0 radical (unpaired) electrons. The largest absolute Gasteiger partial charge is 0.493 e. The number of rotatable bonds is 6. The quantitative estimate of drug-likeness (QED) is 0.675. The molecule has 2 aromatic rings. The lowest BCUT2D eigenvalue weighted by atomic mass is 9.75. The second-order valence-corrected chi connectivity index (χ2v) is 9.63. The van der Waals surface area contributed by atoms with E-state index in [0.29, 0.717) is 26.1 Å². The van der Waals surface area contributed by atoms with E-state index in [2.05, 4.69) is 4.98 Å². The zero-order valence-corrected chi connectivity index (χ0v) is 19.0. The minimum Gasteiger partial charge on any atom is -0.493 e. The third kappa shape index (κ3) is 5.26. The molecule has 0 atom stereocenters. The van der Waals surface area contributed by atoms with Gasteiger partial charge in [-0.1, -0.05) is 18.2 Å². The van der Waals surface area contributed by atoms with Gasteiger partial charge in [0.05, 0.1) is 17.8 Å². The molecule has 2 aliphatic rings. The Morgan fingerprint density at radius 2 is 1.74 bits per heavy atom. The van der Waals surface area contributed by atoms with E-state index < -0.39 is 0 Å². The van der Waals surface area contributed by atoms with Crippen LogP contribution in [0.1, 0.15) is 53.9 Å². The number of piperidine rings is 2. The fourth-order valence-electron chi connectivity index (χ4n) is 4.54. The molecule has 7 heteroatoms. The molecule has 0 spiro atoms. The van der Waals surface area contributed by atoms with Crippen molar-refractivity contribution >= 4 is 23.2 Å². The maximum absolute atomic E-state index is 13.1. The molecule has 0 unspecified atom stereocenters. The van der Waals surface area contributed by atoms with Crippen molar-refractivity contribution in [3.63, 3.8) is 0 Å². The van der Waals surface area contributed by atoms with Crippen LogP contribution >= 0.6 is 11.3 Å². The van der Waals surface area contributed by atoms with E-state index in [1.54, 1.807) is 5.51 Å². The van der Waals surface area contributed by atoms with Crippen LogP contribution in [-0.4, -0.2) is 59.4 Å². The van der Waals surface area contributed by atoms with Gasteiger partial charge in [0.15, 0.2) is 0 Å². The number of thiazole rings is 1. The van der Waals surface area contributed by atoms with Gasteiger partial charge in [0, 0.05) is 38.0 Å². The van der Waals surface area contributed by atoms with Gasteiger partial charge in [-0.15, -0.1) is 11.3 Å². The number of amides is 2. The standard InChI is InChI=1S/C24H31N3O3S/c1-19-22(31-18-25-19)23(29)27-14-10-24(11-15-27,17-30-20-8-4-2-5-9-20)16-21(28)26-12-6-3-7-13-26/h2,4-5,8-9,18H,3,6-7,10-17H2,1H3. The summed E-state index contributed by atoms with van der Waals surface area (Å²) in [5.41, 5.74) is 2.27. The number of nitrogens with zero attached hydrogens (tertiary/aromatic N) is 3. The maximum Gasteiger partial charge on any atom is 0.265 e. The van der Waals surface area contributed by atoms with Crippen molar-refractivity contribution in [2.45, 2.75) is 45.4 Å². The fraction of sp³-hybridized carbons (Fsp3) is 0.542. The second-order valence-electron chi connectivity index (χ2n) is 8.78. The van der Waals surface area contributed by atoms with Crippen molar-refractivity contribution in [1.82, 2.24) is 14.8 Å². The lowest BCUT2D eigenvalue weighted by Crippen LogP contribution is -2.48. The molecule has 1 aromatic carbocycles. The maximum atomic E-state index is 13.1. The van der Waals surface area contributed by atoms with E-state index in [9.17, 15) is 9.59 Å². The van der Waals surface area contributed by atoms with E-state index >= 15 is 0 Å². The van der Waals surface area contributed by atoms with Gasteiger partial charge in [-0.05, 0) is 51.2 Å². The summed E-state index contributed by atoms with van der Waals surface area (Å²) in [5.74, 6) is 1.11. The minimum absolute atomic E-state index is 0.0555. The summed E-state index contributed by atoms with van der Waals surface area (Å²) in [7, 11) is 0. The van der Waals surface area contributed by atoms with Crippen molar-refractivity contribution in [3.05, 3.63) is 46.4 Å². The molecule has 0 bridgehead atoms. The number of aromatic nitrogens is 1. The molecule has 1 aromatic heterocycles. The molecule has 0 saturated carbocycles. The highest BCUT2D eigenvalue weighted by atomic mass is 32.1. The topological polar surface area (TPSA) is 62.7 Å². The zero-order chi connectivity index (χ0) is 21.7. The highest BCUT2D eigenvalue weighted by Crippen LogP contribution is 2.37. The number of aryl methyl sites for hydroxylation is 1. The minimum atomic E-state index is -0.246. The molecule has 4 rings (SSSR count). The summed E-state index contributed by atoms with van der Waals surface area (Å²) >= 11 is 1.40. The first-order valence-corrected chi connectivity index (χ1v) is 12.1. The van der Waals surface area contributed by atoms with Crippen LogP contribution in [0.25, 0.3) is 0 Å². The van der Waals surface area contributed by atoms with Crippen LogP contribution in [0.2, 0.25) is 0 Å². The Balaban J connectivity index is 1.44. The molecule has 31 heavy (non-hydrogen) atoms. The SMILES string of the molecule is Cc1ncsc1C(=O)N1CCC(COc2ccccc2)(CC(=O)N2CCCCC2)CC1. The first-order chi connectivity index (χ1) is 15.1. The molecule has 0 aliphatic carbocycles. The van der Waals surface area contributed by atoms with Crippen molar-refractivity contribution in [3.8, 4) is 5.75 Å². The van der Waals surface area contributed by atoms with Crippen LogP contribution < -0.4 is 4.74 Å². The Hall–Kier alpha value is -2.41. The molecule has 2 amide bonds. The number of carbonyl (C=O) groups excluding carboxylic acids is 2. The van der Waals surface area contributed by atoms with E-state index in [4.69, 9.17) is 4.74 Å². The number of carbonyl (C=O) groups is 2. The van der Waals surface area contributed by atoms with Crippen LogP contribution in [0.5, 0.6) is 5.75 Å². The Kier molecular flexibility index (Phi) is 6.90. The highest BCUT2D eigenvalue weighted by molar-refractivity contribution is 7.11. The molecular weight excluding hydrogens is 410 g/mol. The van der Waals surface area contributed by atoms with E-state index in [1.807, 2.05) is 47.1 Å². The molecule has 2 aliphatic heterocycles. The van der Waals surface area contributed by atoms with Crippen LogP contribution in [0, 0.1) is 12.3 Å². The number of ether oxygens (including phenoxy) is 1. The van der Waals surface area contributed by atoms with E-state index in [1.165, 1.54) is 17.8 Å². The summed E-state index contributed by atoms with van der Waals surface area (Å²) < 4.78 is 6.14. The average Bonchev–Trinajstić information content (AvgIpc) is 3.25. The lowest BCUT2D eigenvalue weighted by molar-refractivity contribution is -0.136. The number of hydrogen-bond donors (Lipinski definition) is 0. The Morgan fingerprint density at radius 1 is 1.03 bits per heavy atom. The highest BCUT2D eigenvalue weighted by Gasteiger charge is 2.40. The van der Waals surface area contributed by atoms with Gasteiger partial charge in [-0.3, -0.25) is 9.59 Å². The van der Waals surface area contributed by atoms with Gasteiger partial charge >= 0.3 is 0 Å². The first-order valence-electron chi connectivity index (χ1n) is 11.2. The van der Waals surface area contributed by atoms with E-state index in [0.717, 1.165) is 55.1 Å². The van der Waals surface area contributed by atoms with Gasteiger partial charge in [0.2, 0.25) is 5.91 Å². The summed E-state index contributed by atoms with van der Waals surface area (Å²) in [6, 6.07) is 9.78. The van der Waals surface area contributed by atoms with Crippen LogP contribution in [0.4, 0.5) is 0 Å². The molecule has 2 saturated heterocycles. The first kappa shape index (κ1) is 21.8. The van der Waals surface area contributed by atoms with Gasteiger partial charge in [0.25, 0.3) is 5.91 Å². The Bertz CT molecular complexity index is 884. The third-order valence-electron chi connectivity index (χ3n) is 6.57. The number of likely N-dealkylation sites (tertiary alicyclic amines) is 2. The summed E-state index contributed by atoms with van der Waals surface area (Å²) in [6.45, 7) is 5.39. The molecule has 6 nitrogen and oxygen atoms in total. The van der Waals surface area contributed by atoms with Crippen molar-refractivity contribution in [1.29, 1.82) is 0 Å². The summed E-state index contributed by atoms with van der Waals surface area (Å²) in [5, 5.41) is 0. The normalized spacial score (nSPS) is 18.6. The second kappa shape index (κ2) is 9.81. The lowest BCUT2D eigenvalue weighted by Gasteiger charge is -2.42. The van der Waals surface area contributed by atoms with Gasteiger partial charge in [-0.25, -0.2) is 4.98 Å². The number of benzene rings is 1. The monoisotopic (exact) mass is 441 g/mol. The van der Waals surface area contributed by atoms with Gasteiger partial charge < -0.3 is 14.5 Å². The number of para-hydroxylation sites is 1. The molecule has 3 heterocycles. The van der Waals surface area contributed by atoms with Crippen LogP contribution in [-0.2, 0) is 4.79 Å². The number of hydrogen-bond acceptors (Lipinski definition) is 5. The fourth-order valence-corrected chi connectivity index (χ4v) is 5.31. The molecule has 0 N–H and O–H groups in total. The molecule has 2 fully saturated rings. The third-order valence-corrected chi connectivity index (χ3v) is 7.49. The van der Waals surface area contributed by atoms with Crippen LogP contribution in [0.15, 0.2) is 35.8 Å². The van der Waals surface area contributed by atoms with Crippen LogP contribution in [0.3, 0.4) is 0 Å². The average molecular weight is 442 g/mol. The molecule has 166 valence electrons.